The van der Waals surface area contributed by atoms with Crippen molar-refractivity contribution in [1.29, 1.82) is 0 Å². The van der Waals surface area contributed by atoms with Gasteiger partial charge in [0.15, 0.2) is 0 Å². The molecular weight excluding hydrogens is 383 g/mol. The van der Waals surface area contributed by atoms with E-state index in [9.17, 15) is 22.9 Å². The van der Waals surface area contributed by atoms with E-state index >= 15 is 0 Å². The van der Waals surface area contributed by atoms with Crippen LogP contribution in [0.4, 0.5) is 8.78 Å². The lowest BCUT2D eigenvalue weighted by Gasteiger charge is -2.27. The topological polar surface area (TPSA) is 90.9 Å². The Balaban J connectivity index is 2.02. The van der Waals surface area contributed by atoms with Crippen LogP contribution in [0, 0.1) is 0 Å². The second kappa shape index (κ2) is 8.91. The lowest BCUT2D eigenvalue weighted by atomic mass is 10.1. The van der Waals surface area contributed by atoms with Gasteiger partial charge in [0.2, 0.25) is 0 Å². The quantitative estimate of drug-likeness (QED) is 0.501. The minimum Gasteiger partial charge on any atom is -0.460 e. The molecule has 10 heteroatoms. The van der Waals surface area contributed by atoms with Crippen LogP contribution in [0.2, 0.25) is 0 Å². The molecule has 2 atom stereocenters. The fraction of sp³-hybridized carbons (Fsp3) is 0.529. The summed E-state index contributed by atoms with van der Waals surface area (Å²) in [7, 11) is -4.70. The zero-order chi connectivity index (χ0) is 20.1. The number of cyclic esters (lactones) is 1. The summed E-state index contributed by atoms with van der Waals surface area (Å²) in [5, 5.41) is 2.46. The maximum atomic E-state index is 14.5. The number of alkyl halides is 2. The molecule has 7 nitrogen and oxygen atoms in total. The Morgan fingerprint density at radius 3 is 2.41 bits per heavy atom. The van der Waals surface area contributed by atoms with Gasteiger partial charge in [-0.05, 0) is 26.0 Å². The highest BCUT2D eigenvalue weighted by Crippen LogP contribution is 2.63. The van der Waals surface area contributed by atoms with Crippen molar-refractivity contribution in [2.24, 2.45) is 0 Å². The molecule has 27 heavy (non-hydrogen) atoms. The molecule has 1 fully saturated rings. The van der Waals surface area contributed by atoms with E-state index in [1.807, 2.05) is 0 Å². The predicted octanol–water partition coefficient (Wildman–Crippen LogP) is 3.35. The van der Waals surface area contributed by atoms with Crippen LogP contribution in [-0.2, 0) is 23.1 Å². The number of halogens is 2. The lowest BCUT2D eigenvalue weighted by Crippen LogP contribution is -2.38. The van der Waals surface area contributed by atoms with Gasteiger partial charge in [-0.15, -0.1) is 0 Å². The highest BCUT2D eigenvalue weighted by atomic mass is 31.2. The van der Waals surface area contributed by atoms with Gasteiger partial charge in [0.05, 0.1) is 19.6 Å². The number of carbonyl (C=O) groups excluding carboxylic acids is 2. The molecule has 1 aromatic rings. The second-order valence-corrected chi connectivity index (χ2v) is 8.06. The molecule has 0 aliphatic carbocycles. The van der Waals surface area contributed by atoms with Crippen molar-refractivity contribution in [1.82, 2.24) is 5.32 Å². The Hall–Kier alpha value is -1.83. The number of hydrogen-bond acceptors (Lipinski definition) is 6. The molecule has 0 bridgehead atoms. The summed E-state index contributed by atoms with van der Waals surface area (Å²) < 4.78 is 55.6. The number of carbonyl (C=O) groups is 2. The number of nitrogens with one attached hydrogen (secondary N) is 1. The first-order valence-corrected chi connectivity index (χ1v) is 10.1. The maximum Gasteiger partial charge on any atom is 0.399 e. The minimum absolute atomic E-state index is 0.161. The van der Waals surface area contributed by atoms with Crippen LogP contribution < -0.4 is 5.32 Å². The van der Waals surface area contributed by atoms with Crippen LogP contribution >= 0.6 is 7.60 Å². The van der Waals surface area contributed by atoms with Crippen LogP contribution in [0.15, 0.2) is 30.3 Å². The fourth-order valence-corrected chi connectivity index (χ4v) is 4.24. The number of ether oxygens (including phenoxy) is 1. The molecule has 1 heterocycles. The van der Waals surface area contributed by atoms with Gasteiger partial charge in [-0.3, -0.25) is 9.36 Å². The fourth-order valence-electron chi connectivity index (χ4n) is 2.68. The molecule has 1 aliphatic rings. The summed E-state index contributed by atoms with van der Waals surface area (Å²) in [6.07, 6.45) is -2.40. The molecule has 150 valence electrons. The van der Waals surface area contributed by atoms with Gasteiger partial charge in [0.25, 0.3) is 5.91 Å². The van der Waals surface area contributed by atoms with Gasteiger partial charge < -0.3 is 19.1 Å². The summed E-state index contributed by atoms with van der Waals surface area (Å²) in [6, 6.07) is 7.10. The number of esters is 1. The normalized spacial score (nSPS) is 20.4. The third-order valence-corrected chi connectivity index (χ3v) is 6.06. The Kier molecular flexibility index (Phi) is 7.08. The molecule has 0 saturated carbocycles. The van der Waals surface area contributed by atoms with Crippen molar-refractivity contribution in [2.75, 3.05) is 13.2 Å². The van der Waals surface area contributed by atoms with Crippen LogP contribution in [-0.4, -0.2) is 42.9 Å². The first-order valence-electron chi connectivity index (χ1n) is 8.56. The van der Waals surface area contributed by atoms with Gasteiger partial charge in [-0.2, -0.15) is 8.78 Å². The second-order valence-electron chi connectivity index (χ2n) is 5.89. The van der Waals surface area contributed by atoms with Crippen molar-refractivity contribution in [3.05, 3.63) is 35.9 Å². The third-order valence-electron chi connectivity index (χ3n) is 3.88. The Bertz CT molecular complexity index is 705. The van der Waals surface area contributed by atoms with Crippen LogP contribution in [0.5, 0.6) is 0 Å². The first-order chi connectivity index (χ1) is 12.7. The summed E-state index contributed by atoms with van der Waals surface area (Å²) in [6.45, 7) is 2.42. The van der Waals surface area contributed by atoms with Crippen LogP contribution in [0.1, 0.15) is 37.0 Å². The van der Waals surface area contributed by atoms with E-state index in [0.717, 1.165) is 0 Å². The van der Waals surface area contributed by atoms with Gasteiger partial charge in [0, 0.05) is 12.0 Å². The average Bonchev–Trinajstić information content (AvgIpc) is 2.94. The average molecular weight is 405 g/mol. The third kappa shape index (κ3) is 5.12. The van der Waals surface area contributed by atoms with E-state index in [1.165, 1.54) is 13.8 Å². The van der Waals surface area contributed by atoms with Gasteiger partial charge in [0.1, 0.15) is 12.1 Å². The lowest BCUT2D eigenvalue weighted by molar-refractivity contribution is -0.144. The summed E-state index contributed by atoms with van der Waals surface area (Å²) in [5.41, 5.74) is -3.50. The highest BCUT2D eigenvalue weighted by Gasteiger charge is 2.56. The van der Waals surface area contributed by atoms with Gasteiger partial charge in [-0.1, -0.05) is 18.2 Å². The summed E-state index contributed by atoms with van der Waals surface area (Å²) >= 11 is 0. The van der Waals surface area contributed by atoms with Crippen molar-refractivity contribution in [3.8, 4) is 0 Å². The zero-order valence-corrected chi connectivity index (χ0v) is 15.9. The van der Waals surface area contributed by atoms with Crippen LogP contribution in [0.3, 0.4) is 0 Å². The molecule has 1 amide bonds. The SMILES string of the molecule is CCOP(=O)(OCC)C(F)(F)C[C@@H]1C[C@@H](NC(=O)c2ccccc2)C(=O)O1. The molecule has 1 saturated heterocycles. The number of hydrogen-bond donors (Lipinski definition) is 1. The highest BCUT2D eigenvalue weighted by molar-refractivity contribution is 7.55. The van der Waals surface area contributed by atoms with E-state index in [2.05, 4.69) is 5.32 Å². The number of rotatable bonds is 9. The predicted molar refractivity (Wildman–Crippen MR) is 92.6 cm³/mol. The van der Waals surface area contributed by atoms with Gasteiger partial charge in [-0.25, -0.2) is 4.79 Å². The maximum absolute atomic E-state index is 14.5. The van der Waals surface area contributed by atoms with Crippen LogP contribution in [0.25, 0.3) is 0 Å². The van der Waals surface area contributed by atoms with Crippen molar-refractivity contribution >= 4 is 19.5 Å². The van der Waals surface area contributed by atoms with Crippen molar-refractivity contribution in [2.45, 2.75) is 44.5 Å². The molecule has 0 radical (unpaired) electrons. The molecular formula is C17H22F2NO6P. The monoisotopic (exact) mass is 405 g/mol. The van der Waals surface area contributed by atoms with Crippen molar-refractivity contribution < 1.29 is 36.7 Å². The molecule has 1 N–H and O–H groups in total. The standard InChI is InChI=1S/C17H22F2NO6P/c1-3-24-27(23,25-4-2)17(18,19)11-13-10-14(16(22)26-13)20-15(21)12-8-6-5-7-9-12/h5-9,13-14H,3-4,10-11H2,1-2H3,(H,20,21)/t13-,14+/m0/s1. The van der Waals surface area contributed by atoms with E-state index in [1.54, 1.807) is 30.3 Å². The molecule has 0 aromatic heterocycles. The van der Waals surface area contributed by atoms with E-state index < -0.39 is 43.7 Å². The first kappa shape index (κ1) is 21.5. The zero-order valence-electron chi connectivity index (χ0n) is 15.0. The Morgan fingerprint density at radius 2 is 1.85 bits per heavy atom. The van der Waals surface area contributed by atoms with E-state index in [-0.39, 0.29) is 19.6 Å². The molecule has 0 unspecified atom stereocenters. The Labute approximate surface area is 155 Å². The Morgan fingerprint density at radius 1 is 1.26 bits per heavy atom. The number of benzene rings is 1. The van der Waals surface area contributed by atoms with Gasteiger partial charge >= 0.3 is 19.2 Å². The number of amides is 1. The molecule has 1 aliphatic heterocycles. The minimum atomic E-state index is -4.70. The molecule has 0 spiro atoms. The largest absolute Gasteiger partial charge is 0.460 e. The van der Waals surface area contributed by atoms with E-state index in [0.29, 0.717) is 5.56 Å². The van der Waals surface area contributed by atoms with Crippen molar-refractivity contribution in [3.63, 3.8) is 0 Å². The smallest absolute Gasteiger partial charge is 0.399 e. The summed E-state index contributed by atoms with van der Waals surface area (Å²) in [5.74, 6) is -1.33. The summed E-state index contributed by atoms with van der Waals surface area (Å²) in [4.78, 5) is 24.0. The molecule has 2 rings (SSSR count). The van der Waals surface area contributed by atoms with E-state index in [4.69, 9.17) is 13.8 Å². The molecule has 1 aromatic carbocycles.